The fourth-order valence-electron chi connectivity index (χ4n) is 3.24. The molecule has 134 valence electrons. The lowest BCUT2D eigenvalue weighted by Gasteiger charge is -2.05. The Hall–Kier alpha value is -3.35. The molecule has 1 saturated carbocycles. The van der Waals surface area contributed by atoms with Crippen LogP contribution in [0, 0.1) is 0 Å². The first-order valence-electron chi connectivity index (χ1n) is 8.96. The molecule has 0 aliphatic heterocycles. The lowest BCUT2D eigenvalue weighted by Crippen LogP contribution is -2.04. The SMILES string of the molecule is Cn1cncc1-c1cnc2cnc(CC(=O)c3cnn(C4CC4)c3)cc2c1. The van der Waals surface area contributed by atoms with Crippen LogP contribution in [-0.4, -0.2) is 35.1 Å². The molecule has 0 amide bonds. The maximum absolute atomic E-state index is 12.6. The molecule has 4 aromatic rings. The second-order valence-corrected chi connectivity index (χ2v) is 7.02. The highest BCUT2D eigenvalue weighted by molar-refractivity contribution is 5.97. The molecule has 1 aliphatic rings. The number of hydrogen-bond acceptors (Lipinski definition) is 5. The van der Waals surface area contributed by atoms with Crippen LogP contribution in [-0.2, 0) is 13.5 Å². The van der Waals surface area contributed by atoms with Crippen molar-refractivity contribution in [2.45, 2.75) is 25.3 Å². The van der Waals surface area contributed by atoms with E-state index in [1.54, 1.807) is 18.7 Å². The summed E-state index contributed by atoms with van der Waals surface area (Å²) in [5.41, 5.74) is 4.16. The summed E-state index contributed by atoms with van der Waals surface area (Å²) >= 11 is 0. The highest BCUT2D eigenvalue weighted by atomic mass is 16.1. The van der Waals surface area contributed by atoms with Crippen molar-refractivity contribution in [3.8, 4) is 11.3 Å². The van der Waals surface area contributed by atoms with Crippen molar-refractivity contribution in [3.05, 3.63) is 60.7 Å². The number of pyridine rings is 2. The van der Waals surface area contributed by atoms with Crippen LogP contribution in [0.5, 0.6) is 0 Å². The molecule has 0 saturated heterocycles. The maximum atomic E-state index is 12.6. The first-order chi connectivity index (χ1) is 13.2. The zero-order valence-corrected chi connectivity index (χ0v) is 14.9. The van der Waals surface area contributed by atoms with Gasteiger partial charge in [0.25, 0.3) is 0 Å². The number of Topliss-reactive ketones (excluding diaryl/α,β-unsaturated/α-hetero) is 1. The van der Waals surface area contributed by atoms with E-state index >= 15 is 0 Å². The van der Waals surface area contributed by atoms with Crippen LogP contribution in [0.1, 0.15) is 34.9 Å². The van der Waals surface area contributed by atoms with E-state index in [0.29, 0.717) is 11.6 Å². The third-order valence-electron chi connectivity index (χ3n) is 4.92. The van der Waals surface area contributed by atoms with Crippen LogP contribution in [0.25, 0.3) is 22.2 Å². The second-order valence-electron chi connectivity index (χ2n) is 7.02. The summed E-state index contributed by atoms with van der Waals surface area (Å²) in [6.45, 7) is 0. The Balaban J connectivity index is 1.42. The largest absolute Gasteiger partial charge is 0.334 e. The molecule has 0 aromatic carbocycles. The molecule has 4 aromatic heterocycles. The molecule has 0 unspecified atom stereocenters. The van der Waals surface area contributed by atoms with Crippen LogP contribution in [0.3, 0.4) is 0 Å². The highest BCUT2D eigenvalue weighted by Gasteiger charge is 2.25. The molecule has 0 bridgehead atoms. The van der Waals surface area contributed by atoms with E-state index in [-0.39, 0.29) is 12.2 Å². The number of hydrogen-bond donors (Lipinski definition) is 0. The number of fused-ring (bicyclic) bond motifs is 1. The fourth-order valence-corrected chi connectivity index (χ4v) is 3.24. The van der Waals surface area contributed by atoms with E-state index < -0.39 is 0 Å². The zero-order valence-electron chi connectivity index (χ0n) is 14.9. The monoisotopic (exact) mass is 358 g/mol. The summed E-state index contributed by atoms with van der Waals surface area (Å²) in [4.78, 5) is 25.6. The highest BCUT2D eigenvalue weighted by Crippen LogP contribution is 2.34. The summed E-state index contributed by atoms with van der Waals surface area (Å²) in [7, 11) is 1.95. The van der Waals surface area contributed by atoms with Crippen molar-refractivity contribution >= 4 is 16.7 Å². The molecule has 0 radical (unpaired) electrons. The van der Waals surface area contributed by atoms with Gasteiger partial charge in [0.15, 0.2) is 5.78 Å². The minimum absolute atomic E-state index is 0.0319. The molecule has 4 heterocycles. The number of carbonyl (C=O) groups is 1. The normalized spacial score (nSPS) is 14.0. The first kappa shape index (κ1) is 15.9. The third kappa shape index (κ3) is 3.01. The Bertz CT molecular complexity index is 1150. The lowest BCUT2D eigenvalue weighted by atomic mass is 10.1. The number of aromatic nitrogens is 6. The van der Waals surface area contributed by atoms with Gasteiger partial charge in [-0.3, -0.25) is 19.4 Å². The Labute approximate surface area is 155 Å². The fraction of sp³-hybridized carbons (Fsp3) is 0.250. The van der Waals surface area contributed by atoms with Gasteiger partial charge in [0, 0.05) is 36.1 Å². The molecule has 27 heavy (non-hydrogen) atoms. The summed E-state index contributed by atoms with van der Waals surface area (Å²) in [5, 5.41) is 5.25. The number of rotatable bonds is 5. The van der Waals surface area contributed by atoms with E-state index in [4.69, 9.17) is 0 Å². The van der Waals surface area contributed by atoms with Crippen molar-refractivity contribution in [3.63, 3.8) is 0 Å². The van der Waals surface area contributed by atoms with Gasteiger partial charge < -0.3 is 4.57 Å². The van der Waals surface area contributed by atoms with Gasteiger partial charge in [-0.15, -0.1) is 0 Å². The Morgan fingerprint density at radius 3 is 2.81 bits per heavy atom. The molecule has 0 atom stereocenters. The average molecular weight is 358 g/mol. The smallest absolute Gasteiger partial charge is 0.171 e. The molecule has 1 aliphatic carbocycles. The van der Waals surface area contributed by atoms with Gasteiger partial charge in [0.2, 0.25) is 0 Å². The molecule has 0 spiro atoms. The number of imidazole rings is 1. The Kier molecular flexibility index (Phi) is 3.60. The van der Waals surface area contributed by atoms with Gasteiger partial charge in [-0.2, -0.15) is 5.10 Å². The third-order valence-corrected chi connectivity index (χ3v) is 4.92. The van der Waals surface area contributed by atoms with Crippen molar-refractivity contribution < 1.29 is 4.79 Å². The first-order valence-corrected chi connectivity index (χ1v) is 8.96. The number of ketones is 1. The van der Waals surface area contributed by atoms with Crippen LogP contribution in [0.4, 0.5) is 0 Å². The molecule has 1 fully saturated rings. The summed E-state index contributed by atoms with van der Waals surface area (Å²) in [6, 6.07) is 4.47. The lowest BCUT2D eigenvalue weighted by molar-refractivity contribution is 0.0992. The van der Waals surface area contributed by atoms with E-state index in [1.165, 1.54) is 0 Å². The summed E-state index contributed by atoms with van der Waals surface area (Å²) in [6.07, 6.45) is 13.2. The van der Waals surface area contributed by atoms with Gasteiger partial charge in [0.05, 0.1) is 54.2 Å². The number of carbonyl (C=O) groups excluding carboxylic acids is 1. The van der Waals surface area contributed by atoms with Crippen LogP contribution >= 0.6 is 0 Å². The van der Waals surface area contributed by atoms with E-state index in [9.17, 15) is 4.79 Å². The van der Waals surface area contributed by atoms with Crippen molar-refractivity contribution in [2.24, 2.45) is 7.05 Å². The van der Waals surface area contributed by atoms with Crippen molar-refractivity contribution in [1.29, 1.82) is 0 Å². The molecular formula is C20H18N6O. The molecular weight excluding hydrogens is 340 g/mol. The molecule has 7 nitrogen and oxygen atoms in total. The van der Waals surface area contributed by atoms with Gasteiger partial charge in [0.1, 0.15) is 0 Å². The standard InChI is InChI=1S/C20H18N6O/c1-25-12-21-10-19(25)14-4-13-5-16(22-9-18(13)23-7-14)6-20(27)15-8-24-26(11-15)17-2-3-17/h4-5,7-12,17H,2-3,6H2,1H3. The van der Waals surface area contributed by atoms with Gasteiger partial charge in [-0.25, -0.2) is 4.98 Å². The number of nitrogens with zero attached hydrogens (tertiary/aromatic N) is 6. The topological polar surface area (TPSA) is 78.5 Å². The van der Waals surface area contributed by atoms with Gasteiger partial charge >= 0.3 is 0 Å². The molecule has 5 rings (SSSR count). The average Bonchev–Trinajstić information content (AvgIpc) is 3.24. The minimum Gasteiger partial charge on any atom is -0.334 e. The summed E-state index contributed by atoms with van der Waals surface area (Å²) < 4.78 is 3.84. The quantitative estimate of drug-likeness (QED) is 0.513. The minimum atomic E-state index is 0.0319. The molecule has 0 N–H and O–H groups in total. The predicted octanol–water partition coefficient (Wildman–Crippen LogP) is 2.99. The van der Waals surface area contributed by atoms with Crippen LogP contribution in [0.15, 0.2) is 49.4 Å². The molecule has 7 heteroatoms. The van der Waals surface area contributed by atoms with E-state index in [1.807, 2.05) is 41.0 Å². The van der Waals surface area contributed by atoms with Crippen LogP contribution < -0.4 is 0 Å². The van der Waals surface area contributed by atoms with E-state index in [2.05, 4.69) is 26.1 Å². The van der Waals surface area contributed by atoms with Crippen molar-refractivity contribution in [1.82, 2.24) is 29.3 Å². The predicted molar refractivity (Wildman–Crippen MR) is 100 cm³/mol. The van der Waals surface area contributed by atoms with Gasteiger partial charge in [-0.1, -0.05) is 0 Å². The van der Waals surface area contributed by atoms with Gasteiger partial charge in [-0.05, 0) is 25.0 Å². The van der Waals surface area contributed by atoms with E-state index in [0.717, 1.165) is 40.7 Å². The maximum Gasteiger partial charge on any atom is 0.171 e. The zero-order chi connectivity index (χ0) is 18.4. The Morgan fingerprint density at radius 1 is 1.15 bits per heavy atom. The summed E-state index contributed by atoms with van der Waals surface area (Å²) in [5.74, 6) is 0.0319. The second kappa shape index (κ2) is 6.12. The Morgan fingerprint density at radius 2 is 2.04 bits per heavy atom. The number of aryl methyl sites for hydroxylation is 1. The van der Waals surface area contributed by atoms with Crippen LogP contribution in [0.2, 0.25) is 0 Å². The van der Waals surface area contributed by atoms with Crippen molar-refractivity contribution in [2.75, 3.05) is 0 Å².